The van der Waals surface area contributed by atoms with Gasteiger partial charge in [-0.25, -0.2) is 8.42 Å². The molecule has 9 nitrogen and oxygen atoms in total. The fourth-order valence-electron chi connectivity index (χ4n) is 4.05. The third-order valence-electron chi connectivity index (χ3n) is 6.43. The molecule has 0 saturated heterocycles. The van der Waals surface area contributed by atoms with E-state index in [9.17, 15) is 18.0 Å². The van der Waals surface area contributed by atoms with Crippen LogP contribution in [-0.4, -0.2) is 63.2 Å². The van der Waals surface area contributed by atoms with Crippen molar-refractivity contribution in [3.05, 3.63) is 53.1 Å². The van der Waals surface area contributed by atoms with Gasteiger partial charge >= 0.3 is 0 Å². The fraction of sp³-hybridized carbons (Fsp3) is 0.481. The van der Waals surface area contributed by atoms with Gasteiger partial charge in [-0.2, -0.15) is 0 Å². The summed E-state index contributed by atoms with van der Waals surface area (Å²) in [7, 11) is -3.63. The first kappa shape index (κ1) is 29.6. The second-order valence-corrected chi connectivity index (χ2v) is 11.7. The van der Waals surface area contributed by atoms with E-state index in [1.807, 2.05) is 26.0 Å². The molecular weight excluding hydrogens is 530 g/mol. The topological polar surface area (TPSA) is 105 Å². The summed E-state index contributed by atoms with van der Waals surface area (Å²) >= 11 is 6.35. The Balaban J connectivity index is 1.75. The molecule has 11 heteroatoms. The average molecular weight is 566 g/mol. The van der Waals surface area contributed by atoms with E-state index in [1.165, 1.54) is 9.21 Å². The van der Waals surface area contributed by atoms with Gasteiger partial charge in [0.2, 0.25) is 21.8 Å². The summed E-state index contributed by atoms with van der Waals surface area (Å²) in [5.41, 5.74) is 1.15. The van der Waals surface area contributed by atoms with E-state index >= 15 is 0 Å². The number of rotatable bonds is 12. The summed E-state index contributed by atoms with van der Waals surface area (Å²) in [5.74, 6) is 0.509. The van der Waals surface area contributed by atoms with Crippen LogP contribution >= 0.6 is 11.6 Å². The molecule has 1 aliphatic rings. The van der Waals surface area contributed by atoms with Crippen LogP contribution < -0.4 is 19.1 Å². The molecule has 2 amide bonds. The van der Waals surface area contributed by atoms with E-state index < -0.39 is 16.1 Å². The van der Waals surface area contributed by atoms with Crippen molar-refractivity contribution in [3.8, 4) is 11.5 Å². The molecule has 0 spiro atoms. The Kier molecular flexibility index (Phi) is 10.3. The molecule has 1 N–H and O–H groups in total. The number of ether oxygens (including phenoxy) is 2. The lowest BCUT2D eigenvalue weighted by Gasteiger charge is -2.30. The minimum atomic E-state index is -3.63. The van der Waals surface area contributed by atoms with Crippen LogP contribution in [0.4, 0.5) is 5.69 Å². The van der Waals surface area contributed by atoms with Crippen LogP contribution in [0.15, 0.2) is 42.5 Å². The number of halogens is 1. The largest absolute Gasteiger partial charge is 0.486 e. The second kappa shape index (κ2) is 13.2. The molecule has 0 saturated carbocycles. The number of amides is 2. The molecule has 0 aromatic heterocycles. The molecule has 3 rings (SSSR count). The number of hydrogen-bond acceptors (Lipinski definition) is 6. The predicted octanol–water partition coefficient (Wildman–Crippen LogP) is 3.99. The van der Waals surface area contributed by atoms with Crippen LogP contribution in [0, 0.1) is 0 Å². The lowest BCUT2D eigenvalue weighted by molar-refractivity contribution is -0.140. The second-order valence-electron chi connectivity index (χ2n) is 9.37. The molecule has 38 heavy (non-hydrogen) atoms. The normalized spacial score (nSPS) is 14.3. The smallest absolute Gasteiger partial charge is 0.242 e. The maximum Gasteiger partial charge on any atom is 0.242 e. The Morgan fingerprint density at radius 1 is 1.08 bits per heavy atom. The summed E-state index contributed by atoms with van der Waals surface area (Å²) in [5, 5.41) is 3.43. The van der Waals surface area contributed by atoms with Gasteiger partial charge in [-0.15, -0.1) is 0 Å². The van der Waals surface area contributed by atoms with Crippen LogP contribution in [0.2, 0.25) is 5.02 Å². The lowest BCUT2D eigenvalue weighted by atomic mass is 10.1. The highest BCUT2D eigenvalue weighted by atomic mass is 35.5. The van der Waals surface area contributed by atoms with Crippen molar-refractivity contribution in [2.45, 2.75) is 58.7 Å². The monoisotopic (exact) mass is 565 g/mol. The van der Waals surface area contributed by atoms with Crippen LogP contribution in [-0.2, 0) is 26.2 Å². The van der Waals surface area contributed by atoms with Gasteiger partial charge in [-0.3, -0.25) is 13.9 Å². The van der Waals surface area contributed by atoms with E-state index in [1.54, 1.807) is 37.3 Å². The summed E-state index contributed by atoms with van der Waals surface area (Å²) in [4.78, 5) is 27.8. The average Bonchev–Trinajstić information content (AvgIpc) is 2.89. The highest BCUT2D eigenvalue weighted by molar-refractivity contribution is 7.92. The van der Waals surface area contributed by atoms with Crippen molar-refractivity contribution < 1.29 is 27.5 Å². The highest BCUT2D eigenvalue weighted by Gasteiger charge is 2.28. The van der Waals surface area contributed by atoms with Crippen molar-refractivity contribution in [1.29, 1.82) is 0 Å². The Labute approximate surface area is 230 Å². The quantitative estimate of drug-likeness (QED) is 0.417. The number of nitrogens with one attached hydrogen (secondary N) is 1. The number of carbonyl (C=O) groups excluding carboxylic acids is 2. The molecule has 0 unspecified atom stereocenters. The van der Waals surface area contributed by atoms with Crippen molar-refractivity contribution in [3.63, 3.8) is 0 Å². The maximum atomic E-state index is 13.4. The predicted molar refractivity (Wildman–Crippen MR) is 148 cm³/mol. The first-order valence-corrected chi connectivity index (χ1v) is 14.9. The van der Waals surface area contributed by atoms with E-state index in [0.29, 0.717) is 35.4 Å². The van der Waals surface area contributed by atoms with Crippen molar-refractivity contribution in [2.24, 2.45) is 0 Å². The molecule has 208 valence electrons. The van der Waals surface area contributed by atoms with E-state index in [0.717, 1.165) is 18.2 Å². The van der Waals surface area contributed by atoms with E-state index in [2.05, 4.69) is 5.32 Å². The maximum absolute atomic E-state index is 13.4. The highest BCUT2D eigenvalue weighted by Crippen LogP contribution is 2.34. The minimum Gasteiger partial charge on any atom is -0.486 e. The van der Waals surface area contributed by atoms with Crippen LogP contribution in [0.25, 0.3) is 0 Å². The number of nitrogens with zero attached hydrogens (tertiary/aromatic N) is 2. The molecule has 2 atom stereocenters. The Hall–Kier alpha value is -2.98. The molecule has 2 aromatic carbocycles. The zero-order chi connectivity index (χ0) is 27.9. The fourth-order valence-corrected chi connectivity index (χ4v) is 5.20. The lowest BCUT2D eigenvalue weighted by Crippen LogP contribution is -2.49. The third-order valence-corrected chi connectivity index (χ3v) is 8.00. The van der Waals surface area contributed by atoms with Gasteiger partial charge in [0.15, 0.2) is 11.5 Å². The van der Waals surface area contributed by atoms with Gasteiger partial charge in [0.05, 0.1) is 11.9 Å². The first-order chi connectivity index (χ1) is 18.0. The number of hydrogen-bond donors (Lipinski definition) is 1. The van der Waals surface area contributed by atoms with Crippen molar-refractivity contribution in [2.75, 3.05) is 30.3 Å². The molecule has 0 radical (unpaired) electrons. The Morgan fingerprint density at radius 3 is 2.42 bits per heavy atom. The third kappa shape index (κ3) is 7.77. The molecular formula is C27H36ClN3O6S. The molecule has 1 heterocycles. The summed E-state index contributed by atoms with van der Waals surface area (Å²) in [6, 6.07) is 11.4. The zero-order valence-electron chi connectivity index (χ0n) is 22.3. The van der Waals surface area contributed by atoms with Gasteiger partial charge in [0.1, 0.15) is 19.3 Å². The summed E-state index contributed by atoms with van der Waals surface area (Å²) in [6.45, 7) is 6.62. The number of sulfonamides is 1. The molecule has 0 bridgehead atoms. The summed E-state index contributed by atoms with van der Waals surface area (Å²) in [6.07, 6.45) is 2.18. The molecule has 2 aromatic rings. The standard InChI is InChI=1S/C27H36ClN3O6S/c1-5-19(2)29-27(33)20(3)30(18-21-9-6-7-10-23(21)28)26(32)11-8-14-31(38(4,34)35)22-12-13-24-25(17-22)37-16-15-36-24/h6-7,9-10,12-13,17,19-20H,5,8,11,14-16,18H2,1-4H3,(H,29,33)/t19-,20-/m0/s1. The van der Waals surface area contributed by atoms with Gasteiger partial charge < -0.3 is 19.7 Å². The Bertz CT molecular complexity index is 1240. The van der Waals surface area contributed by atoms with Crippen LogP contribution in [0.3, 0.4) is 0 Å². The van der Waals surface area contributed by atoms with Gasteiger partial charge in [0, 0.05) is 36.6 Å². The van der Waals surface area contributed by atoms with Gasteiger partial charge in [-0.05, 0) is 50.5 Å². The SMILES string of the molecule is CC[C@H](C)NC(=O)[C@H](C)N(Cc1ccccc1Cl)C(=O)CCCN(c1ccc2c(c1)OCCO2)S(C)(=O)=O. The number of carbonyl (C=O) groups is 2. The van der Waals surface area contributed by atoms with E-state index in [-0.39, 0.29) is 43.8 Å². The van der Waals surface area contributed by atoms with E-state index in [4.69, 9.17) is 21.1 Å². The first-order valence-electron chi connectivity index (χ1n) is 12.7. The van der Waals surface area contributed by atoms with Crippen molar-refractivity contribution >= 4 is 39.1 Å². The zero-order valence-corrected chi connectivity index (χ0v) is 23.8. The van der Waals surface area contributed by atoms with Gasteiger partial charge in [0.25, 0.3) is 0 Å². The Morgan fingerprint density at radius 2 is 1.76 bits per heavy atom. The van der Waals surface area contributed by atoms with Crippen LogP contribution in [0.5, 0.6) is 11.5 Å². The van der Waals surface area contributed by atoms with Gasteiger partial charge in [-0.1, -0.05) is 36.7 Å². The van der Waals surface area contributed by atoms with Crippen LogP contribution in [0.1, 0.15) is 45.6 Å². The summed E-state index contributed by atoms with van der Waals surface area (Å²) < 4.78 is 37.6. The number of benzene rings is 2. The molecule has 0 fully saturated rings. The molecule has 1 aliphatic heterocycles. The van der Waals surface area contributed by atoms with Crippen molar-refractivity contribution in [1.82, 2.24) is 10.2 Å². The minimum absolute atomic E-state index is 0.0310. The number of anilines is 1. The number of fused-ring (bicyclic) bond motifs is 1. The molecule has 0 aliphatic carbocycles.